The number of hydrogen-bond donors (Lipinski definition) is 3. The van der Waals surface area contributed by atoms with Crippen LogP contribution in [0.5, 0.6) is 0 Å². The number of carbonyl (C=O) groups is 1. The number of carbonyl (C=O) groups excluding carboxylic acids is 1. The molecule has 0 heterocycles. The van der Waals surface area contributed by atoms with Gasteiger partial charge in [0.2, 0.25) is 5.91 Å². The van der Waals surface area contributed by atoms with Crippen LogP contribution in [0.25, 0.3) is 11.1 Å². The van der Waals surface area contributed by atoms with Gasteiger partial charge in [-0.05, 0) is 11.6 Å². The minimum atomic E-state index is -0.594. The second kappa shape index (κ2) is 4.58. The first kappa shape index (κ1) is 12.3. The van der Waals surface area contributed by atoms with E-state index in [1.807, 2.05) is 30.3 Å². The SMILES string of the molecule is NC(=O)c1cc(N)c(Cl)c(N)c1-c1ccccc1. The number of anilines is 2. The summed E-state index contributed by atoms with van der Waals surface area (Å²) in [6, 6.07) is 10.6. The number of hydrogen-bond acceptors (Lipinski definition) is 3. The molecule has 2 aromatic carbocycles. The molecular formula is C13H12ClN3O. The zero-order valence-electron chi connectivity index (χ0n) is 9.48. The highest BCUT2D eigenvalue weighted by Crippen LogP contribution is 2.38. The van der Waals surface area contributed by atoms with E-state index in [4.69, 9.17) is 28.8 Å². The molecule has 0 aromatic heterocycles. The molecule has 18 heavy (non-hydrogen) atoms. The Morgan fingerprint density at radius 1 is 1.11 bits per heavy atom. The van der Waals surface area contributed by atoms with Gasteiger partial charge in [-0.25, -0.2) is 0 Å². The van der Waals surface area contributed by atoms with Crippen LogP contribution < -0.4 is 17.2 Å². The lowest BCUT2D eigenvalue weighted by Gasteiger charge is -2.13. The van der Waals surface area contributed by atoms with Gasteiger partial charge in [0.1, 0.15) is 0 Å². The fourth-order valence-corrected chi connectivity index (χ4v) is 1.96. The lowest BCUT2D eigenvalue weighted by molar-refractivity contribution is 0.100. The fraction of sp³-hybridized carbons (Fsp3) is 0. The quantitative estimate of drug-likeness (QED) is 0.724. The minimum Gasteiger partial charge on any atom is -0.397 e. The topological polar surface area (TPSA) is 95.1 Å². The Bertz CT molecular complexity index is 611. The molecule has 6 N–H and O–H groups in total. The largest absolute Gasteiger partial charge is 0.397 e. The normalized spacial score (nSPS) is 10.3. The van der Waals surface area contributed by atoms with Crippen LogP contribution in [0.4, 0.5) is 11.4 Å². The average molecular weight is 262 g/mol. The summed E-state index contributed by atoms with van der Waals surface area (Å²) in [5.74, 6) is -0.594. The summed E-state index contributed by atoms with van der Waals surface area (Å²) in [6.45, 7) is 0. The number of amides is 1. The average Bonchev–Trinajstić information content (AvgIpc) is 2.36. The number of nitrogens with two attached hydrogens (primary N) is 3. The molecule has 0 bridgehead atoms. The fourth-order valence-electron chi connectivity index (χ4n) is 1.81. The molecule has 2 rings (SSSR count). The summed E-state index contributed by atoms with van der Waals surface area (Å²) in [7, 11) is 0. The maximum atomic E-state index is 11.5. The van der Waals surface area contributed by atoms with Crippen LogP contribution >= 0.6 is 11.6 Å². The van der Waals surface area contributed by atoms with E-state index in [-0.39, 0.29) is 22.0 Å². The van der Waals surface area contributed by atoms with Crippen molar-refractivity contribution in [3.63, 3.8) is 0 Å². The van der Waals surface area contributed by atoms with Crippen LogP contribution in [0.15, 0.2) is 36.4 Å². The van der Waals surface area contributed by atoms with Crippen LogP contribution in [0.2, 0.25) is 5.02 Å². The van der Waals surface area contributed by atoms with Crippen LogP contribution in [0.1, 0.15) is 10.4 Å². The van der Waals surface area contributed by atoms with E-state index in [1.54, 1.807) is 0 Å². The standard InChI is InChI=1S/C13H12ClN3O/c14-11-9(15)6-8(13(17)18)10(12(11)16)7-4-2-1-3-5-7/h1-6H,15-16H2,(H2,17,18). The lowest BCUT2D eigenvalue weighted by Crippen LogP contribution is -2.14. The molecule has 92 valence electrons. The molecule has 0 saturated carbocycles. The van der Waals surface area contributed by atoms with Gasteiger partial charge in [0.15, 0.2) is 0 Å². The summed E-state index contributed by atoms with van der Waals surface area (Å²) < 4.78 is 0. The van der Waals surface area contributed by atoms with Crippen molar-refractivity contribution in [2.75, 3.05) is 11.5 Å². The van der Waals surface area contributed by atoms with Crippen molar-refractivity contribution in [3.05, 3.63) is 47.0 Å². The molecule has 0 fully saturated rings. The van der Waals surface area contributed by atoms with E-state index in [0.717, 1.165) is 5.56 Å². The lowest BCUT2D eigenvalue weighted by atomic mass is 9.96. The highest BCUT2D eigenvalue weighted by atomic mass is 35.5. The third-order valence-corrected chi connectivity index (χ3v) is 3.08. The molecular weight excluding hydrogens is 250 g/mol. The minimum absolute atomic E-state index is 0.235. The van der Waals surface area contributed by atoms with Crippen LogP contribution in [0.3, 0.4) is 0 Å². The number of benzene rings is 2. The van der Waals surface area contributed by atoms with Gasteiger partial charge in [-0.2, -0.15) is 0 Å². The third kappa shape index (κ3) is 1.98. The van der Waals surface area contributed by atoms with Crippen molar-refractivity contribution in [2.45, 2.75) is 0 Å². The Morgan fingerprint density at radius 3 is 2.28 bits per heavy atom. The van der Waals surface area contributed by atoms with E-state index < -0.39 is 5.91 Å². The monoisotopic (exact) mass is 261 g/mol. The highest BCUT2D eigenvalue weighted by molar-refractivity contribution is 6.36. The van der Waals surface area contributed by atoms with Crippen LogP contribution in [-0.4, -0.2) is 5.91 Å². The third-order valence-electron chi connectivity index (χ3n) is 2.66. The van der Waals surface area contributed by atoms with Crippen molar-refractivity contribution >= 4 is 28.9 Å². The van der Waals surface area contributed by atoms with E-state index in [0.29, 0.717) is 5.56 Å². The first-order chi connectivity index (χ1) is 8.52. The van der Waals surface area contributed by atoms with Crippen molar-refractivity contribution in [1.29, 1.82) is 0 Å². The predicted molar refractivity (Wildman–Crippen MR) is 74.2 cm³/mol. The van der Waals surface area contributed by atoms with Crippen molar-refractivity contribution in [1.82, 2.24) is 0 Å². The Hall–Kier alpha value is -2.20. The van der Waals surface area contributed by atoms with E-state index in [1.165, 1.54) is 6.07 Å². The molecule has 0 aliphatic carbocycles. The van der Waals surface area contributed by atoms with Crippen molar-refractivity contribution in [3.8, 4) is 11.1 Å². The summed E-state index contributed by atoms with van der Waals surface area (Å²) in [4.78, 5) is 11.5. The van der Waals surface area contributed by atoms with Gasteiger partial charge in [0.25, 0.3) is 0 Å². The molecule has 0 aliphatic rings. The van der Waals surface area contributed by atoms with E-state index >= 15 is 0 Å². The molecule has 1 amide bonds. The maximum Gasteiger partial charge on any atom is 0.249 e. The van der Waals surface area contributed by atoms with Gasteiger partial charge in [-0.3, -0.25) is 4.79 Å². The number of rotatable bonds is 2. The highest BCUT2D eigenvalue weighted by Gasteiger charge is 2.17. The van der Waals surface area contributed by atoms with Gasteiger partial charge in [-0.1, -0.05) is 41.9 Å². The van der Waals surface area contributed by atoms with Gasteiger partial charge in [0.05, 0.1) is 22.0 Å². The summed E-state index contributed by atoms with van der Waals surface area (Å²) in [6.07, 6.45) is 0. The smallest absolute Gasteiger partial charge is 0.249 e. The molecule has 4 nitrogen and oxygen atoms in total. The molecule has 0 radical (unpaired) electrons. The second-order valence-electron chi connectivity index (χ2n) is 3.85. The molecule has 0 aliphatic heterocycles. The van der Waals surface area contributed by atoms with Gasteiger partial charge in [0, 0.05) is 5.56 Å². The van der Waals surface area contributed by atoms with E-state index in [2.05, 4.69) is 0 Å². The molecule has 0 atom stereocenters. The van der Waals surface area contributed by atoms with Gasteiger partial charge in [-0.15, -0.1) is 0 Å². The zero-order chi connectivity index (χ0) is 13.3. The summed E-state index contributed by atoms with van der Waals surface area (Å²) in [5, 5.41) is 0.235. The molecule has 0 saturated heterocycles. The van der Waals surface area contributed by atoms with Crippen molar-refractivity contribution < 1.29 is 4.79 Å². The Morgan fingerprint density at radius 2 is 1.72 bits per heavy atom. The number of primary amides is 1. The molecule has 5 heteroatoms. The van der Waals surface area contributed by atoms with Gasteiger partial charge < -0.3 is 17.2 Å². The predicted octanol–water partition coefficient (Wildman–Crippen LogP) is 2.27. The maximum absolute atomic E-state index is 11.5. The second-order valence-corrected chi connectivity index (χ2v) is 4.22. The molecule has 2 aromatic rings. The number of halogens is 1. The Kier molecular flexibility index (Phi) is 3.12. The molecule has 0 unspecified atom stereocenters. The Labute approximate surface area is 109 Å². The van der Waals surface area contributed by atoms with Crippen LogP contribution in [-0.2, 0) is 0 Å². The van der Waals surface area contributed by atoms with Crippen LogP contribution in [0, 0.1) is 0 Å². The zero-order valence-corrected chi connectivity index (χ0v) is 10.2. The van der Waals surface area contributed by atoms with Gasteiger partial charge >= 0.3 is 0 Å². The summed E-state index contributed by atoms with van der Waals surface area (Å²) in [5.41, 5.74) is 19.0. The number of nitrogen functional groups attached to an aromatic ring is 2. The molecule has 0 spiro atoms. The summed E-state index contributed by atoms with van der Waals surface area (Å²) >= 11 is 6.01. The van der Waals surface area contributed by atoms with E-state index in [9.17, 15) is 4.79 Å². The first-order valence-electron chi connectivity index (χ1n) is 5.25. The Balaban J connectivity index is 2.80. The van der Waals surface area contributed by atoms with Crippen molar-refractivity contribution in [2.24, 2.45) is 5.73 Å². The first-order valence-corrected chi connectivity index (χ1v) is 5.63.